The number of amides is 4. The largest absolute Gasteiger partial charge is 0.481 e. The van der Waals surface area contributed by atoms with Crippen molar-refractivity contribution in [3.63, 3.8) is 0 Å². The number of benzene rings is 2. The van der Waals surface area contributed by atoms with Crippen LogP contribution in [0.3, 0.4) is 0 Å². The Bertz CT molecular complexity index is 962. The van der Waals surface area contributed by atoms with Crippen LogP contribution >= 0.6 is 0 Å². The number of ether oxygens (including phenoxy) is 1. The van der Waals surface area contributed by atoms with Gasteiger partial charge in [-0.05, 0) is 43.7 Å². The van der Waals surface area contributed by atoms with Crippen molar-refractivity contribution in [2.75, 3.05) is 0 Å². The van der Waals surface area contributed by atoms with Crippen LogP contribution in [-0.4, -0.2) is 33.9 Å². The number of nitrogens with one attached hydrogen (secondary N) is 2. The van der Waals surface area contributed by atoms with Crippen molar-refractivity contribution in [1.82, 2.24) is 15.8 Å². The average Bonchev–Trinajstić information content (AvgIpc) is 2.92. The Kier molecular flexibility index (Phi) is 5.18. The first-order valence-electron chi connectivity index (χ1n) is 8.66. The fourth-order valence-corrected chi connectivity index (χ4v) is 2.81. The number of nitro benzene ring substituents is 1. The van der Waals surface area contributed by atoms with Crippen LogP contribution in [0.25, 0.3) is 0 Å². The van der Waals surface area contributed by atoms with Crippen molar-refractivity contribution in [2.45, 2.75) is 25.5 Å². The van der Waals surface area contributed by atoms with Crippen LogP contribution in [-0.2, 0) is 15.1 Å². The highest BCUT2D eigenvalue weighted by Crippen LogP contribution is 2.29. The Balaban J connectivity index is 1.72. The van der Waals surface area contributed by atoms with E-state index in [0.717, 1.165) is 0 Å². The Morgan fingerprint density at radius 3 is 2.38 bits per heavy atom. The zero-order valence-corrected chi connectivity index (χ0v) is 15.6. The molecule has 10 heteroatoms. The molecule has 0 unspecified atom stereocenters. The number of carbonyl (C=O) groups is 3. The van der Waals surface area contributed by atoms with E-state index >= 15 is 0 Å². The summed E-state index contributed by atoms with van der Waals surface area (Å²) in [7, 11) is 0. The summed E-state index contributed by atoms with van der Waals surface area (Å²) < 4.78 is 5.48. The number of nitro groups is 1. The lowest BCUT2D eigenvalue weighted by Gasteiger charge is -2.22. The van der Waals surface area contributed by atoms with Gasteiger partial charge in [0.25, 0.3) is 17.5 Å². The molecule has 10 nitrogen and oxygen atoms in total. The topological polar surface area (TPSA) is 131 Å². The third-order valence-electron chi connectivity index (χ3n) is 4.49. The molecule has 1 fully saturated rings. The molecular weight excluding hydrogens is 380 g/mol. The van der Waals surface area contributed by atoms with Gasteiger partial charge in [0.15, 0.2) is 6.10 Å². The smallest absolute Gasteiger partial charge is 0.344 e. The molecule has 0 spiro atoms. The Morgan fingerprint density at radius 2 is 1.79 bits per heavy atom. The molecule has 1 aliphatic heterocycles. The van der Waals surface area contributed by atoms with Crippen LogP contribution in [0.2, 0.25) is 0 Å². The van der Waals surface area contributed by atoms with Gasteiger partial charge in [-0.3, -0.25) is 25.1 Å². The predicted molar refractivity (Wildman–Crippen MR) is 101 cm³/mol. The van der Waals surface area contributed by atoms with Crippen molar-refractivity contribution < 1.29 is 24.0 Å². The second-order valence-electron chi connectivity index (χ2n) is 6.55. The molecule has 0 aromatic heterocycles. The van der Waals surface area contributed by atoms with Crippen LogP contribution in [0, 0.1) is 10.1 Å². The Morgan fingerprint density at radius 1 is 1.17 bits per heavy atom. The van der Waals surface area contributed by atoms with E-state index in [4.69, 9.17) is 4.74 Å². The summed E-state index contributed by atoms with van der Waals surface area (Å²) in [6.07, 6.45) is -0.968. The molecular formula is C19H18N4O6. The normalized spacial score (nSPS) is 19.4. The third kappa shape index (κ3) is 3.86. The summed E-state index contributed by atoms with van der Waals surface area (Å²) in [4.78, 5) is 47.7. The number of hydrazine groups is 1. The van der Waals surface area contributed by atoms with E-state index in [-0.39, 0.29) is 5.69 Å². The number of urea groups is 1. The molecule has 2 aromatic carbocycles. The second kappa shape index (κ2) is 7.58. The summed E-state index contributed by atoms with van der Waals surface area (Å²) in [6, 6.07) is 13.0. The molecule has 150 valence electrons. The van der Waals surface area contributed by atoms with E-state index in [2.05, 4.69) is 10.7 Å². The third-order valence-corrected chi connectivity index (χ3v) is 4.49. The maximum atomic E-state index is 12.8. The van der Waals surface area contributed by atoms with E-state index < -0.39 is 34.4 Å². The number of carbonyl (C=O) groups excluding carboxylic acids is 3. The molecule has 0 bridgehead atoms. The fraction of sp³-hybridized carbons (Fsp3) is 0.211. The molecule has 1 saturated heterocycles. The van der Waals surface area contributed by atoms with Gasteiger partial charge in [0.2, 0.25) is 0 Å². The summed E-state index contributed by atoms with van der Waals surface area (Å²) in [5, 5.41) is 13.9. The van der Waals surface area contributed by atoms with E-state index in [9.17, 15) is 24.5 Å². The summed E-state index contributed by atoms with van der Waals surface area (Å²) in [6.45, 7) is 2.93. The first-order chi connectivity index (χ1) is 13.7. The molecule has 2 atom stereocenters. The lowest BCUT2D eigenvalue weighted by atomic mass is 9.92. The highest BCUT2D eigenvalue weighted by Gasteiger charge is 2.50. The second-order valence-corrected chi connectivity index (χ2v) is 6.55. The standard InChI is InChI=1S/C19H18N4O6/c1-12(29-15-6-4-3-5-7-15)16(24)21-22-17(25)19(2,20-18(22)26)13-8-10-14(11-9-13)23(27)28/h3-12H,1-2H3,(H,20,26)(H,21,24)/t12-,19+/m1/s1. The zero-order chi connectivity index (χ0) is 21.2. The number of imide groups is 1. The molecule has 3 rings (SSSR count). The maximum absolute atomic E-state index is 12.8. The van der Waals surface area contributed by atoms with Crippen molar-refractivity contribution in [1.29, 1.82) is 0 Å². The van der Waals surface area contributed by atoms with Crippen LogP contribution in [0.1, 0.15) is 19.4 Å². The van der Waals surface area contributed by atoms with Gasteiger partial charge in [-0.2, -0.15) is 5.01 Å². The number of hydrogen-bond donors (Lipinski definition) is 2. The van der Waals surface area contributed by atoms with E-state index in [1.807, 2.05) is 0 Å². The van der Waals surface area contributed by atoms with Gasteiger partial charge in [0.1, 0.15) is 11.3 Å². The average molecular weight is 398 g/mol. The highest BCUT2D eigenvalue weighted by atomic mass is 16.6. The first kappa shape index (κ1) is 19.8. The molecule has 0 radical (unpaired) electrons. The summed E-state index contributed by atoms with van der Waals surface area (Å²) in [5.41, 5.74) is 0.962. The minimum atomic E-state index is -1.48. The van der Waals surface area contributed by atoms with Crippen LogP contribution in [0.15, 0.2) is 54.6 Å². The molecule has 1 aliphatic rings. The van der Waals surface area contributed by atoms with Gasteiger partial charge in [-0.25, -0.2) is 4.79 Å². The highest BCUT2D eigenvalue weighted by molar-refractivity contribution is 6.08. The zero-order valence-electron chi connectivity index (χ0n) is 15.6. The Hall–Kier alpha value is -3.95. The lowest BCUT2D eigenvalue weighted by molar-refractivity contribution is -0.384. The van der Waals surface area contributed by atoms with Crippen molar-refractivity contribution in [3.05, 3.63) is 70.3 Å². The van der Waals surface area contributed by atoms with Gasteiger partial charge in [-0.1, -0.05) is 18.2 Å². The predicted octanol–water partition coefficient (Wildman–Crippen LogP) is 1.86. The molecule has 1 heterocycles. The first-order valence-corrected chi connectivity index (χ1v) is 8.66. The Labute approximate surface area is 165 Å². The van der Waals surface area contributed by atoms with Crippen LogP contribution < -0.4 is 15.5 Å². The number of para-hydroxylation sites is 1. The molecule has 29 heavy (non-hydrogen) atoms. The monoisotopic (exact) mass is 398 g/mol. The number of nitrogens with zero attached hydrogens (tertiary/aromatic N) is 2. The molecule has 2 aromatic rings. The van der Waals surface area contributed by atoms with Gasteiger partial charge >= 0.3 is 6.03 Å². The minimum Gasteiger partial charge on any atom is -0.481 e. The van der Waals surface area contributed by atoms with Gasteiger partial charge in [0, 0.05) is 12.1 Å². The van der Waals surface area contributed by atoms with Crippen molar-refractivity contribution >= 4 is 23.5 Å². The fourth-order valence-electron chi connectivity index (χ4n) is 2.81. The van der Waals surface area contributed by atoms with Crippen LogP contribution in [0.5, 0.6) is 5.75 Å². The van der Waals surface area contributed by atoms with E-state index in [0.29, 0.717) is 16.3 Å². The van der Waals surface area contributed by atoms with Gasteiger partial charge in [-0.15, -0.1) is 0 Å². The molecule has 0 aliphatic carbocycles. The van der Waals surface area contributed by atoms with Gasteiger partial charge in [0.05, 0.1) is 4.92 Å². The number of hydrogen-bond acceptors (Lipinski definition) is 6. The molecule has 4 amide bonds. The summed E-state index contributed by atoms with van der Waals surface area (Å²) in [5.74, 6) is -0.954. The quantitative estimate of drug-likeness (QED) is 0.434. The van der Waals surface area contributed by atoms with E-state index in [1.165, 1.54) is 38.1 Å². The van der Waals surface area contributed by atoms with Crippen molar-refractivity contribution in [2.24, 2.45) is 0 Å². The molecule has 2 N–H and O–H groups in total. The minimum absolute atomic E-state index is 0.147. The van der Waals surface area contributed by atoms with Crippen molar-refractivity contribution in [3.8, 4) is 5.75 Å². The van der Waals surface area contributed by atoms with Crippen LogP contribution in [0.4, 0.5) is 10.5 Å². The van der Waals surface area contributed by atoms with E-state index in [1.54, 1.807) is 30.3 Å². The SMILES string of the molecule is C[C@@H](Oc1ccccc1)C(=O)NN1C(=O)N[C@@](C)(c2ccc([N+](=O)[O-])cc2)C1=O. The maximum Gasteiger partial charge on any atom is 0.344 e. The number of non-ortho nitro benzene ring substituents is 1. The molecule has 0 saturated carbocycles. The number of rotatable bonds is 6. The summed E-state index contributed by atoms with van der Waals surface area (Å²) >= 11 is 0. The lowest BCUT2D eigenvalue weighted by Crippen LogP contribution is -2.51. The van der Waals surface area contributed by atoms with Gasteiger partial charge < -0.3 is 10.1 Å².